The van der Waals surface area contributed by atoms with Gasteiger partial charge in [-0.15, -0.1) is 0 Å². The van der Waals surface area contributed by atoms with Crippen molar-refractivity contribution in [1.29, 1.82) is 0 Å². The average molecular weight is 386 g/mol. The van der Waals surface area contributed by atoms with Gasteiger partial charge in [0.15, 0.2) is 0 Å². The first-order valence-electron chi connectivity index (χ1n) is 9.36. The molecule has 1 fully saturated rings. The van der Waals surface area contributed by atoms with Crippen LogP contribution in [0.4, 0.5) is 0 Å². The summed E-state index contributed by atoms with van der Waals surface area (Å²) >= 11 is 0. The zero-order valence-electron chi connectivity index (χ0n) is 16.4. The Labute approximate surface area is 164 Å². The van der Waals surface area contributed by atoms with Crippen molar-refractivity contribution < 1.29 is 19.2 Å². The first-order valence-corrected chi connectivity index (χ1v) is 9.36. The van der Waals surface area contributed by atoms with E-state index in [1.165, 1.54) is 0 Å². The van der Waals surface area contributed by atoms with Crippen LogP contribution in [0.2, 0.25) is 0 Å². The van der Waals surface area contributed by atoms with E-state index < -0.39 is 23.8 Å². The minimum atomic E-state index is -0.943. The number of fused-ring (bicyclic) bond motifs is 1. The molecule has 0 spiro atoms. The van der Waals surface area contributed by atoms with Gasteiger partial charge in [0, 0.05) is 19.5 Å². The van der Waals surface area contributed by atoms with Crippen LogP contribution in [0.1, 0.15) is 53.0 Å². The van der Waals surface area contributed by atoms with Crippen LogP contribution in [-0.4, -0.2) is 59.6 Å². The van der Waals surface area contributed by atoms with Crippen LogP contribution in [-0.2, 0) is 16.1 Å². The van der Waals surface area contributed by atoms with Crippen molar-refractivity contribution in [3.8, 4) is 0 Å². The first-order chi connectivity index (χ1) is 13.1. The van der Waals surface area contributed by atoms with Crippen molar-refractivity contribution >= 4 is 23.6 Å². The van der Waals surface area contributed by atoms with Crippen molar-refractivity contribution in [2.24, 2.45) is 11.1 Å². The first kappa shape index (κ1) is 20.2. The molecule has 8 nitrogen and oxygen atoms in total. The molecule has 0 bridgehead atoms. The summed E-state index contributed by atoms with van der Waals surface area (Å²) in [6.45, 7) is 6.14. The molecule has 3 rings (SSSR count). The predicted octanol–water partition coefficient (Wildman–Crippen LogP) is 0.505. The third-order valence-corrected chi connectivity index (χ3v) is 5.21. The normalized spacial score (nSPS) is 20.0. The van der Waals surface area contributed by atoms with E-state index in [0.29, 0.717) is 24.2 Å². The molecule has 2 aliphatic rings. The maximum absolute atomic E-state index is 12.9. The highest BCUT2D eigenvalue weighted by Gasteiger charge is 2.44. The lowest BCUT2D eigenvalue weighted by Crippen LogP contribution is -2.54. The lowest BCUT2D eigenvalue weighted by Gasteiger charge is -2.29. The Kier molecular flexibility index (Phi) is 5.36. The minimum Gasteiger partial charge on any atom is -0.330 e. The van der Waals surface area contributed by atoms with Gasteiger partial charge in [-0.25, -0.2) is 0 Å². The standard InChI is InChI=1S/C20H26N4O4/c1-20(2,10-21)11-23(3)9-12-4-5-13-14(8-12)19(28)24(18(13)27)15-6-7-16(25)22-17(15)26/h4-5,8,15H,6-7,9-11,21H2,1-3H3,(H,22,25,26). The molecule has 0 aromatic heterocycles. The lowest BCUT2D eigenvalue weighted by molar-refractivity contribution is -0.136. The molecular weight excluding hydrogens is 360 g/mol. The maximum Gasteiger partial charge on any atom is 0.262 e. The number of nitrogens with two attached hydrogens (primary N) is 1. The predicted molar refractivity (Wildman–Crippen MR) is 102 cm³/mol. The number of amides is 4. The SMILES string of the molecule is CN(Cc1ccc2c(c1)C(=O)N(C1CCC(=O)NC1=O)C2=O)CC(C)(C)CN. The van der Waals surface area contributed by atoms with Crippen LogP contribution in [0.3, 0.4) is 0 Å². The van der Waals surface area contributed by atoms with Gasteiger partial charge in [-0.2, -0.15) is 0 Å². The molecule has 1 aromatic rings. The second kappa shape index (κ2) is 7.44. The minimum absolute atomic E-state index is 0.0279. The molecule has 28 heavy (non-hydrogen) atoms. The number of benzene rings is 1. The van der Waals surface area contributed by atoms with Gasteiger partial charge in [0.25, 0.3) is 11.8 Å². The summed E-state index contributed by atoms with van der Waals surface area (Å²) in [4.78, 5) is 52.1. The molecule has 1 saturated heterocycles. The third kappa shape index (κ3) is 3.83. The van der Waals surface area contributed by atoms with E-state index in [0.717, 1.165) is 17.0 Å². The fraction of sp³-hybridized carbons (Fsp3) is 0.500. The van der Waals surface area contributed by atoms with E-state index in [2.05, 4.69) is 24.1 Å². The second-order valence-electron chi connectivity index (χ2n) is 8.37. The van der Waals surface area contributed by atoms with Crippen LogP contribution < -0.4 is 11.1 Å². The molecule has 2 heterocycles. The Bertz CT molecular complexity index is 849. The summed E-state index contributed by atoms with van der Waals surface area (Å²) in [7, 11) is 1.98. The molecular formula is C20H26N4O4. The molecule has 0 radical (unpaired) electrons. The monoisotopic (exact) mass is 386 g/mol. The van der Waals surface area contributed by atoms with E-state index >= 15 is 0 Å². The molecule has 0 saturated carbocycles. The quantitative estimate of drug-likeness (QED) is 0.689. The van der Waals surface area contributed by atoms with Gasteiger partial charge >= 0.3 is 0 Å². The summed E-state index contributed by atoms with van der Waals surface area (Å²) in [6.07, 6.45) is 0.261. The lowest BCUT2D eigenvalue weighted by atomic mass is 9.93. The van der Waals surface area contributed by atoms with Crippen LogP contribution in [0.5, 0.6) is 0 Å². The van der Waals surface area contributed by atoms with Crippen LogP contribution in [0.15, 0.2) is 18.2 Å². The number of nitrogens with zero attached hydrogens (tertiary/aromatic N) is 2. The number of piperidine rings is 1. The summed E-state index contributed by atoms with van der Waals surface area (Å²) < 4.78 is 0. The number of carbonyl (C=O) groups is 4. The summed E-state index contributed by atoms with van der Waals surface area (Å²) in [5.41, 5.74) is 7.27. The van der Waals surface area contributed by atoms with Gasteiger partial charge < -0.3 is 10.6 Å². The molecule has 4 amide bonds. The number of carbonyl (C=O) groups excluding carboxylic acids is 4. The zero-order chi connectivity index (χ0) is 20.6. The number of imide groups is 2. The van der Waals surface area contributed by atoms with Gasteiger partial charge in [0.2, 0.25) is 11.8 Å². The van der Waals surface area contributed by atoms with Gasteiger partial charge in [-0.3, -0.25) is 29.4 Å². The number of nitrogens with one attached hydrogen (secondary N) is 1. The van der Waals surface area contributed by atoms with E-state index in [9.17, 15) is 19.2 Å². The molecule has 1 aromatic carbocycles. The largest absolute Gasteiger partial charge is 0.330 e. The van der Waals surface area contributed by atoms with E-state index in [1.807, 2.05) is 13.1 Å². The third-order valence-electron chi connectivity index (χ3n) is 5.21. The van der Waals surface area contributed by atoms with Crippen LogP contribution in [0.25, 0.3) is 0 Å². The van der Waals surface area contributed by atoms with Gasteiger partial charge in [-0.1, -0.05) is 19.9 Å². The molecule has 0 aliphatic carbocycles. The number of rotatable bonds is 6. The van der Waals surface area contributed by atoms with Crippen LogP contribution in [0, 0.1) is 5.41 Å². The molecule has 2 aliphatic heterocycles. The second-order valence-corrected chi connectivity index (χ2v) is 8.37. The van der Waals surface area contributed by atoms with E-state index in [-0.39, 0.29) is 24.2 Å². The summed E-state index contributed by atoms with van der Waals surface area (Å²) in [5.74, 6) is -1.96. The Balaban J connectivity index is 1.78. The Morgan fingerprint density at radius 3 is 2.50 bits per heavy atom. The highest BCUT2D eigenvalue weighted by molar-refractivity contribution is 6.23. The Hall–Kier alpha value is -2.58. The van der Waals surface area contributed by atoms with E-state index in [4.69, 9.17) is 5.73 Å². The average Bonchev–Trinajstić information content (AvgIpc) is 2.85. The molecule has 150 valence electrons. The molecule has 8 heteroatoms. The molecule has 1 atom stereocenters. The molecule has 1 unspecified atom stereocenters. The molecule has 3 N–H and O–H groups in total. The topological polar surface area (TPSA) is 113 Å². The van der Waals surface area contributed by atoms with Crippen molar-refractivity contribution in [2.75, 3.05) is 20.1 Å². The van der Waals surface area contributed by atoms with Crippen molar-refractivity contribution in [3.05, 3.63) is 34.9 Å². The van der Waals surface area contributed by atoms with Crippen molar-refractivity contribution in [1.82, 2.24) is 15.1 Å². The number of hydrogen-bond donors (Lipinski definition) is 2. The van der Waals surface area contributed by atoms with Crippen LogP contribution >= 0.6 is 0 Å². The Morgan fingerprint density at radius 1 is 1.18 bits per heavy atom. The summed E-state index contributed by atoms with van der Waals surface area (Å²) in [6, 6.07) is 4.23. The number of hydrogen-bond acceptors (Lipinski definition) is 6. The highest BCUT2D eigenvalue weighted by Crippen LogP contribution is 2.28. The maximum atomic E-state index is 12.9. The van der Waals surface area contributed by atoms with Crippen molar-refractivity contribution in [2.45, 2.75) is 39.3 Å². The van der Waals surface area contributed by atoms with Gasteiger partial charge in [-0.05, 0) is 43.1 Å². The van der Waals surface area contributed by atoms with Crippen molar-refractivity contribution in [3.63, 3.8) is 0 Å². The zero-order valence-corrected chi connectivity index (χ0v) is 16.4. The van der Waals surface area contributed by atoms with Gasteiger partial charge in [0.05, 0.1) is 11.1 Å². The smallest absolute Gasteiger partial charge is 0.262 e. The fourth-order valence-corrected chi connectivity index (χ4v) is 3.78. The summed E-state index contributed by atoms with van der Waals surface area (Å²) in [5, 5.41) is 2.20. The Morgan fingerprint density at radius 2 is 1.86 bits per heavy atom. The van der Waals surface area contributed by atoms with E-state index in [1.54, 1.807) is 12.1 Å². The fourth-order valence-electron chi connectivity index (χ4n) is 3.78. The van der Waals surface area contributed by atoms with Gasteiger partial charge in [0.1, 0.15) is 6.04 Å². The highest BCUT2D eigenvalue weighted by atomic mass is 16.2.